The highest BCUT2D eigenvalue weighted by Crippen LogP contribution is 2.28. The van der Waals surface area contributed by atoms with E-state index < -0.39 is 15.9 Å². The number of ether oxygens (including phenoxy) is 2. The van der Waals surface area contributed by atoms with E-state index in [4.69, 9.17) is 21.1 Å². The molecule has 1 amide bonds. The molecule has 180 valence electrons. The number of amides is 1. The number of halogens is 1. The van der Waals surface area contributed by atoms with Crippen molar-refractivity contribution in [1.82, 2.24) is 9.62 Å². The first kappa shape index (κ1) is 25.6. The zero-order valence-electron chi connectivity index (χ0n) is 19.2. The molecule has 3 aromatic rings. The number of rotatable bonds is 10. The van der Waals surface area contributed by atoms with Gasteiger partial charge in [-0.15, -0.1) is 0 Å². The van der Waals surface area contributed by atoms with Crippen LogP contribution in [0.2, 0.25) is 5.02 Å². The van der Waals surface area contributed by atoms with Crippen molar-refractivity contribution in [1.29, 1.82) is 0 Å². The first-order chi connectivity index (χ1) is 16.2. The van der Waals surface area contributed by atoms with Gasteiger partial charge in [-0.3, -0.25) is 4.79 Å². The Morgan fingerprint density at radius 2 is 1.53 bits per heavy atom. The summed E-state index contributed by atoms with van der Waals surface area (Å²) in [4.78, 5) is 13.0. The number of benzene rings is 3. The van der Waals surface area contributed by atoms with E-state index in [0.29, 0.717) is 27.6 Å². The van der Waals surface area contributed by atoms with Crippen molar-refractivity contribution in [2.24, 2.45) is 0 Å². The summed E-state index contributed by atoms with van der Waals surface area (Å²) >= 11 is 5.97. The number of nitrogens with one attached hydrogen (secondary N) is 1. The molecule has 0 bridgehead atoms. The van der Waals surface area contributed by atoms with E-state index in [-0.39, 0.29) is 24.5 Å². The first-order valence-electron chi connectivity index (χ1n) is 10.5. The predicted octanol–water partition coefficient (Wildman–Crippen LogP) is 4.17. The average molecular weight is 503 g/mol. The quantitative estimate of drug-likeness (QED) is 0.449. The third-order valence-electron chi connectivity index (χ3n) is 5.24. The van der Waals surface area contributed by atoms with E-state index in [9.17, 15) is 13.2 Å². The Kier molecular flexibility index (Phi) is 8.55. The van der Waals surface area contributed by atoms with Crippen LogP contribution in [0.1, 0.15) is 16.7 Å². The van der Waals surface area contributed by atoms with Crippen molar-refractivity contribution in [3.8, 4) is 11.5 Å². The fourth-order valence-electron chi connectivity index (χ4n) is 3.38. The molecule has 0 radical (unpaired) electrons. The smallest absolute Gasteiger partial charge is 0.243 e. The highest BCUT2D eigenvalue weighted by atomic mass is 35.5. The number of hydrogen-bond donors (Lipinski definition) is 1. The van der Waals surface area contributed by atoms with E-state index in [1.54, 1.807) is 54.6 Å². The maximum Gasteiger partial charge on any atom is 0.243 e. The van der Waals surface area contributed by atoms with Gasteiger partial charge in [0.05, 0.1) is 37.8 Å². The monoisotopic (exact) mass is 502 g/mol. The minimum Gasteiger partial charge on any atom is -0.496 e. The molecule has 0 fully saturated rings. The summed E-state index contributed by atoms with van der Waals surface area (Å²) in [6, 6.07) is 18.7. The molecule has 0 unspecified atom stereocenters. The normalized spacial score (nSPS) is 11.3. The lowest BCUT2D eigenvalue weighted by molar-refractivity contribution is -0.121. The molecule has 0 heterocycles. The number of nitrogens with zero attached hydrogens (tertiary/aromatic N) is 1. The SMILES string of the molecule is COc1cccc(OC)c1CNC(=O)CN(Cc1ccc(Cl)cc1)S(=O)(=O)c1ccc(C)cc1. The number of sulfonamides is 1. The highest BCUT2D eigenvalue weighted by Gasteiger charge is 2.27. The Morgan fingerprint density at radius 3 is 2.09 bits per heavy atom. The van der Waals surface area contributed by atoms with Gasteiger partial charge in [0.15, 0.2) is 0 Å². The Morgan fingerprint density at radius 1 is 0.941 bits per heavy atom. The van der Waals surface area contributed by atoms with E-state index in [2.05, 4.69) is 5.32 Å². The predicted molar refractivity (Wildman–Crippen MR) is 132 cm³/mol. The van der Waals surface area contributed by atoms with Crippen LogP contribution in [0.4, 0.5) is 0 Å². The van der Waals surface area contributed by atoms with Crippen LogP contribution >= 0.6 is 11.6 Å². The van der Waals surface area contributed by atoms with Crippen molar-refractivity contribution < 1.29 is 22.7 Å². The molecule has 1 N–H and O–H groups in total. The van der Waals surface area contributed by atoms with E-state index in [1.807, 2.05) is 6.92 Å². The number of hydrogen-bond acceptors (Lipinski definition) is 5. The second-order valence-electron chi connectivity index (χ2n) is 7.63. The van der Waals surface area contributed by atoms with Crippen LogP contribution in [0.5, 0.6) is 11.5 Å². The van der Waals surface area contributed by atoms with Gasteiger partial charge in [0.2, 0.25) is 15.9 Å². The van der Waals surface area contributed by atoms with Gasteiger partial charge in [0.25, 0.3) is 0 Å². The topological polar surface area (TPSA) is 84.9 Å². The maximum atomic E-state index is 13.4. The lowest BCUT2D eigenvalue weighted by Gasteiger charge is -2.22. The summed E-state index contributed by atoms with van der Waals surface area (Å²) in [5, 5.41) is 3.32. The molecule has 0 saturated carbocycles. The summed E-state index contributed by atoms with van der Waals surface area (Å²) in [5.74, 6) is 0.660. The van der Waals surface area contributed by atoms with Gasteiger partial charge in [-0.25, -0.2) is 8.42 Å². The molecule has 3 aromatic carbocycles. The fraction of sp³-hybridized carbons (Fsp3) is 0.240. The van der Waals surface area contributed by atoms with Gasteiger partial charge in [-0.05, 0) is 48.9 Å². The number of carbonyl (C=O) groups excluding carboxylic acids is 1. The van der Waals surface area contributed by atoms with Crippen LogP contribution in [-0.2, 0) is 27.9 Å². The van der Waals surface area contributed by atoms with Crippen LogP contribution in [-0.4, -0.2) is 39.4 Å². The van der Waals surface area contributed by atoms with Gasteiger partial charge in [0, 0.05) is 11.6 Å². The van der Waals surface area contributed by atoms with Crippen molar-refractivity contribution in [2.75, 3.05) is 20.8 Å². The summed E-state index contributed by atoms with van der Waals surface area (Å²) in [7, 11) is -0.880. The molecule has 0 aliphatic heterocycles. The Bertz CT molecular complexity index is 1210. The van der Waals surface area contributed by atoms with E-state index in [0.717, 1.165) is 9.87 Å². The van der Waals surface area contributed by atoms with Crippen LogP contribution < -0.4 is 14.8 Å². The number of carbonyl (C=O) groups is 1. The van der Waals surface area contributed by atoms with Crippen LogP contribution in [0.3, 0.4) is 0 Å². The molecule has 0 saturated heterocycles. The minimum absolute atomic E-state index is 0.0127. The van der Waals surface area contributed by atoms with Gasteiger partial charge >= 0.3 is 0 Å². The molecule has 9 heteroatoms. The van der Waals surface area contributed by atoms with Gasteiger partial charge in [-0.1, -0.05) is 47.5 Å². The summed E-state index contributed by atoms with van der Waals surface area (Å²) in [5.41, 5.74) is 2.30. The lowest BCUT2D eigenvalue weighted by Crippen LogP contribution is -2.40. The zero-order valence-corrected chi connectivity index (χ0v) is 20.8. The molecule has 0 aliphatic rings. The average Bonchev–Trinajstić information content (AvgIpc) is 2.83. The van der Waals surface area contributed by atoms with Crippen molar-refractivity contribution >= 4 is 27.5 Å². The Balaban J connectivity index is 1.83. The standard InChI is InChI=1S/C25H27ClN2O5S/c1-18-7-13-21(14-8-18)34(30,31)28(16-19-9-11-20(26)12-10-19)17-25(29)27-15-22-23(32-2)5-4-6-24(22)33-3/h4-14H,15-17H2,1-3H3,(H,27,29). The van der Waals surface area contributed by atoms with Crippen LogP contribution in [0.25, 0.3) is 0 Å². The van der Waals surface area contributed by atoms with Crippen molar-refractivity contribution in [3.05, 3.63) is 88.4 Å². The molecule has 0 atom stereocenters. The van der Waals surface area contributed by atoms with Gasteiger partial charge < -0.3 is 14.8 Å². The largest absolute Gasteiger partial charge is 0.496 e. The molecule has 3 rings (SSSR count). The molecule has 0 spiro atoms. The van der Waals surface area contributed by atoms with Crippen LogP contribution in [0.15, 0.2) is 71.6 Å². The second kappa shape index (κ2) is 11.4. The van der Waals surface area contributed by atoms with Crippen molar-refractivity contribution in [3.63, 3.8) is 0 Å². The maximum absolute atomic E-state index is 13.4. The van der Waals surface area contributed by atoms with E-state index >= 15 is 0 Å². The number of aryl methyl sites for hydroxylation is 1. The molecular formula is C25H27ClN2O5S. The fourth-order valence-corrected chi connectivity index (χ4v) is 4.89. The summed E-state index contributed by atoms with van der Waals surface area (Å²) in [6.07, 6.45) is 0. The second-order valence-corrected chi connectivity index (χ2v) is 10.0. The Hall–Kier alpha value is -3.07. The molecule has 0 aromatic heterocycles. The van der Waals surface area contributed by atoms with Crippen LogP contribution in [0, 0.1) is 6.92 Å². The third kappa shape index (κ3) is 6.28. The molecule has 7 nitrogen and oxygen atoms in total. The summed E-state index contributed by atoms with van der Waals surface area (Å²) < 4.78 is 38.7. The summed E-state index contributed by atoms with van der Waals surface area (Å²) in [6.45, 7) is 1.64. The molecular weight excluding hydrogens is 476 g/mol. The third-order valence-corrected chi connectivity index (χ3v) is 7.30. The molecule has 34 heavy (non-hydrogen) atoms. The lowest BCUT2D eigenvalue weighted by atomic mass is 10.1. The minimum atomic E-state index is -3.94. The first-order valence-corrected chi connectivity index (χ1v) is 12.3. The zero-order chi connectivity index (χ0) is 24.7. The van der Waals surface area contributed by atoms with E-state index in [1.165, 1.54) is 26.4 Å². The highest BCUT2D eigenvalue weighted by molar-refractivity contribution is 7.89. The van der Waals surface area contributed by atoms with Crippen molar-refractivity contribution in [2.45, 2.75) is 24.9 Å². The number of methoxy groups -OCH3 is 2. The van der Waals surface area contributed by atoms with Gasteiger partial charge in [0.1, 0.15) is 11.5 Å². The van der Waals surface area contributed by atoms with Gasteiger partial charge in [-0.2, -0.15) is 4.31 Å². The Labute approximate surface area is 205 Å². The molecule has 0 aliphatic carbocycles.